The Balaban J connectivity index is 2.32. The molecule has 1 heterocycles. The molecule has 0 radical (unpaired) electrons. The van der Waals surface area contributed by atoms with Gasteiger partial charge in [0.25, 0.3) is 0 Å². The number of rotatable bonds is 4. The highest BCUT2D eigenvalue weighted by atomic mass is 16.1. The first-order chi connectivity index (χ1) is 11.0. The first kappa shape index (κ1) is 15.3. The molecule has 2 aromatic carbocycles. The van der Waals surface area contributed by atoms with Gasteiger partial charge < -0.3 is 9.88 Å². The molecule has 0 spiro atoms. The number of nitrogens with zero attached hydrogens (tertiary/aromatic N) is 1. The van der Waals surface area contributed by atoms with Gasteiger partial charge in [0, 0.05) is 46.5 Å². The van der Waals surface area contributed by atoms with E-state index in [1.54, 1.807) is 6.92 Å². The predicted molar refractivity (Wildman–Crippen MR) is 94.0 cm³/mol. The van der Waals surface area contributed by atoms with Crippen LogP contribution in [0.1, 0.15) is 37.6 Å². The number of hydrogen-bond acceptors (Lipinski definition) is 2. The van der Waals surface area contributed by atoms with Crippen LogP contribution in [0.5, 0.6) is 0 Å². The number of hydrogen-bond donors (Lipinski definition) is 1. The molecule has 118 valence electrons. The number of carbonyl (C=O) groups excluding carboxylic acids is 2. The van der Waals surface area contributed by atoms with Crippen molar-refractivity contribution in [3.05, 3.63) is 42.0 Å². The van der Waals surface area contributed by atoms with Crippen molar-refractivity contribution in [3.63, 3.8) is 0 Å². The standard InChI is InChI=1S/C19H20N2O2/c1-4-9-21-18-7-5-14(12(2)22)10-16(18)17-11-15(20-13(3)23)6-8-19(17)21/h5-8,10-11H,4,9H2,1-3H3,(H,20,23). The maximum absolute atomic E-state index is 11.7. The molecular formula is C19H20N2O2. The molecule has 0 aliphatic carbocycles. The largest absolute Gasteiger partial charge is 0.340 e. The lowest BCUT2D eigenvalue weighted by Crippen LogP contribution is -2.05. The number of aromatic nitrogens is 1. The Morgan fingerprint density at radius 3 is 2.26 bits per heavy atom. The third-order valence-corrected chi connectivity index (χ3v) is 4.04. The summed E-state index contributed by atoms with van der Waals surface area (Å²) in [7, 11) is 0. The molecule has 3 aromatic rings. The van der Waals surface area contributed by atoms with E-state index in [0.717, 1.165) is 40.5 Å². The fourth-order valence-corrected chi connectivity index (χ4v) is 3.07. The quantitative estimate of drug-likeness (QED) is 0.728. The summed E-state index contributed by atoms with van der Waals surface area (Å²) in [4.78, 5) is 23.0. The summed E-state index contributed by atoms with van der Waals surface area (Å²) in [5, 5.41) is 4.93. The number of amides is 1. The maximum atomic E-state index is 11.7. The molecule has 0 aliphatic rings. The Bertz CT molecular complexity index is 922. The van der Waals surface area contributed by atoms with Crippen LogP contribution in [-0.2, 0) is 11.3 Å². The van der Waals surface area contributed by atoms with E-state index in [1.807, 2.05) is 36.4 Å². The summed E-state index contributed by atoms with van der Waals surface area (Å²) in [6, 6.07) is 11.8. The Labute approximate surface area is 135 Å². The van der Waals surface area contributed by atoms with Gasteiger partial charge >= 0.3 is 0 Å². The number of Topliss-reactive ketones (excluding diaryl/α,β-unsaturated/α-hetero) is 1. The minimum atomic E-state index is -0.0916. The van der Waals surface area contributed by atoms with E-state index in [4.69, 9.17) is 0 Å². The highest BCUT2D eigenvalue weighted by Gasteiger charge is 2.12. The summed E-state index contributed by atoms with van der Waals surface area (Å²) in [5.74, 6) is -0.0348. The molecule has 0 atom stereocenters. The summed E-state index contributed by atoms with van der Waals surface area (Å²) in [5.41, 5.74) is 3.72. The van der Waals surface area contributed by atoms with Crippen molar-refractivity contribution in [1.29, 1.82) is 0 Å². The van der Waals surface area contributed by atoms with Gasteiger partial charge in [-0.05, 0) is 49.7 Å². The van der Waals surface area contributed by atoms with Crippen molar-refractivity contribution >= 4 is 39.2 Å². The topological polar surface area (TPSA) is 51.1 Å². The van der Waals surface area contributed by atoms with E-state index in [1.165, 1.54) is 6.92 Å². The molecular weight excluding hydrogens is 288 g/mol. The first-order valence-electron chi connectivity index (χ1n) is 7.85. The van der Waals surface area contributed by atoms with Crippen LogP contribution in [0.4, 0.5) is 5.69 Å². The van der Waals surface area contributed by atoms with Gasteiger partial charge in [-0.15, -0.1) is 0 Å². The third kappa shape index (κ3) is 2.72. The summed E-state index contributed by atoms with van der Waals surface area (Å²) < 4.78 is 2.27. The first-order valence-corrected chi connectivity index (χ1v) is 7.85. The molecule has 0 bridgehead atoms. The van der Waals surface area contributed by atoms with Crippen molar-refractivity contribution in [2.75, 3.05) is 5.32 Å². The van der Waals surface area contributed by atoms with Crippen molar-refractivity contribution < 1.29 is 9.59 Å². The Morgan fingerprint density at radius 2 is 1.65 bits per heavy atom. The molecule has 0 aliphatic heterocycles. The average Bonchev–Trinajstić information content (AvgIpc) is 2.80. The smallest absolute Gasteiger partial charge is 0.221 e. The molecule has 23 heavy (non-hydrogen) atoms. The van der Waals surface area contributed by atoms with E-state index in [-0.39, 0.29) is 11.7 Å². The monoisotopic (exact) mass is 308 g/mol. The maximum Gasteiger partial charge on any atom is 0.221 e. The molecule has 1 aromatic heterocycles. The molecule has 0 fully saturated rings. The number of anilines is 1. The van der Waals surface area contributed by atoms with Crippen molar-refractivity contribution in [2.45, 2.75) is 33.7 Å². The number of benzene rings is 2. The minimum Gasteiger partial charge on any atom is -0.340 e. The molecule has 4 heteroatoms. The van der Waals surface area contributed by atoms with Crippen LogP contribution in [0.2, 0.25) is 0 Å². The summed E-state index contributed by atoms with van der Waals surface area (Å²) in [6.07, 6.45) is 1.03. The lowest BCUT2D eigenvalue weighted by Gasteiger charge is -2.06. The zero-order chi connectivity index (χ0) is 16.6. The number of ketones is 1. The Morgan fingerprint density at radius 1 is 1.00 bits per heavy atom. The van der Waals surface area contributed by atoms with Crippen molar-refractivity contribution in [1.82, 2.24) is 4.57 Å². The lowest BCUT2D eigenvalue weighted by atomic mass is 10.1. The number of aryl methyl sites for hydroxylation is 1. The lowest BCUT2D eigenvalue weighted by molar-refractivity contribution is -0.114. The second kappa shape index (κ2) is 5.88. The van der Waals surface area contributed by atoms with Crippen molar-refractivity contribution in [3.8, 4) is 0 Å². The summed E-state index contributed by atoms with van der Waals surface area (Å²) in [6.45, 7) is 6.14. The minimum absolute atomic E-state index is 0.0568. The van der Waals surface area contributed by atoms with Crippen LogP contribution in [0, 0.1) is 0 Å². The third-order valence-electron chi connectivity index (χ3n) is 4.04. The predicted octanol–water partition coefficient (Wildman–Crippen LogP) is 4.37. The fraction of sp³-hybridized carbons (Fsp3) is 0.263. The SMILES string of the molecule is CCCn1c2ccc(NC(C)=O)cc2c2cc(C(C)=O)ccc21. The van der Waals surface area contributed by atoms with Crippen LogP contribution < -0.4 is 5.32 Å². The van der Waals surface area contributed by atoms with E-state index >= 15 is 0 Å². The van der Waals surface area contributed by atoms with Crippen LogP contribution in [0.3, 0.4) is 0 Å². The molecule has 0 saturated heterocycles. The fourth-order valence-electron chi connectivity index (χ4n) is 3.07. The van der Waals surface area contributed by atoms with Gasteiger partial charge in [0.1, 0.15) is 0 Å². The van der Waals surface area contributed by atoms with Gasteiger partial charge in [0.15, 0.2) is 5.78 Å². The summed E-state index contributed by atoms with van der Waals surface area (Å²) >= 11 is 0. The van der Waals surface area contributed by atoms with E-state index in [2.05, 4.69) is 16.8 Å². The van der Waals surface area contributed by atoms with Gasteiger partial charge in [-0.25, -0.2) is 0 Å². The molecule has 0 saturated carbocycles. The Kier molecular flexibility index (Phi) is 3.90. The molecule has 4 nitrogen and oxygen atoms in total. The molecule has 1 N–H and O–H groups in total. The van der Waals surface area contributed by atoms with E-state index in [0.29, 0.717) is 5.56 Å². The number of fused-ring (bicyclic) bond motifs is 3. The van der Waals surface area contributed by atoms with Gasteiger partial charge in [0.05, 0.1) is 0 Å². The van der Waals surface area contributed by atoms with Crippen LogP contribution >= 0.6 is 0 Å². The van der Waals surface area contributed by atoms with E-state index in [9.17, 15) is 9.59 Å². The van der Waals surface area contributed by atoms with Gasteiger partial charge in [-0.1, -0.05) is 6.92 Å². The normalized spacial score (nSPS) is 11.1. The van der Waals surface area contributed by atoms with Gasteiger partial charge in [0.2, 0.25) is 5.91 Å². The van der Waals surface area contributed by atoms with Crippen LogP contribution in [-0.4, -0.2) is 16.3 Å². The second-order valence-electron chi connectivity index (χ2n) is 5.85. The van der Waals surface area contributed by atoms with Gasteiger partial charge in [-0.3, -0.25) is 9.59 Å². The number of carbonyl (C=O) groups is 2. The highest BCUT2D eigenvalue weighted by Crippen LogP contribution is 2.32. The zero-order valence-electron chi connectivity index (χ0n) is 13.6. The second-order valence-corrected chi connectivity index (χ2v) is 5.85. The Hall–Kier alpha value is -2.62. The van der Waals surface area contributed by atoms with Gasteiger partial charge in [-0.2, -0.15) is 0 Å². The van der Waals surface area contributed by atoms with E-state index < -0.39 is 0 Å². The molecule has 1 amide bonds. The zero-order valence-corrected chi connectivity index (χ0v) is 13.6. The molecule has 0 unspecified atom stereocenters. The van der Waals surface area contributed by atoms with Crippen LogP contribution in [0.25, 0.3) is 21.8 Å². The average molecular weight is 308 g/mol. The van der Waals surface area contributed by atoms with Crippen LogP contribution in [0.15, 0.2) is 36.4 Å². The number of nitrogens with one attached hydrogen (secondary N) is 1. The van der Waals surface area contributed by atoms with Crippen molar-refractivity contribution in [2.24, 2.45) is 0 Å². The highest BCUT2D eigenvalue weighted by molar-refractivity contribution is 6.12. The molecule has 3 rings (SSSR count).